The lowest BCUT2D eigenvalue weighted by Gasteiger charge is -1.88. The number of hydrogen-bond acceptors (Lipinski definition) is 2. The lowest BCUT2D eigenvalue weighted by Crippen LogP contribution is -2.23. The molecule has 1 amide bonds. The van der Waals surface area contributed by atoms with Gasteiger partial charge in [0.15, 0.2) is 5.96 Å². The van der Waals surface area contributed by atoms with Gasteiger partial charge >= 0.3 is 6.09 Å². The molecule has 0 radical (unpaired) electrons. The Kier molecular flexibility index (Phi) is 2.88. The van der Waals surface area contributed by atoms with Crippen LogP contribution in [0.5, 0.6) is 0 Å². The molecule has 0 aromatic carbocycles. The second kappa shape index (κ2) is 3.21. The average molecular weight is 135 g/mol. The Hall–Kier alpha value is -0.830. The van der Waals surface area contributed by atoms with Crippen LogP contribution in [0.3, 0.4) is 0 Å². The van der Waals surface area contributed by atoms with E-state index >= 15 is 0 Å². The van der Waals surface area contributed by atoms with Crippen molar-refractivity contribution in [2.24, 2.45) is 16.5 Å². The molecule has 0 aliphatic heterocycles. The number of rotatable bonds is 0. The Balaban J connectivity index is 3.70. The Morgan fingerprint density at radius 3 is 2.25 bits per heavy atom. The van der Waals surface area contributed by atoms with E-state index in [2.05, 4.69) is 9.52 Å². The maximum Gasteiger partial charge on any atom is 0.438 e. The summed E-state index contributed by atoms with van der Waals surface area (Å²) in [6, 6.07) is 0. The molecule has 0 aromatic rings. The summed E-state index contributed by atoms with van der Waals surface area (Å²) < 4.78 is 3.99. The van der Waals surface area contributed by atoms with Crippen LogP contribution in [0, 0.1) is 0 Å². The van der Waals surface area contributed by atoms with Gasteiger partial charge in [0.25, 0.3) is 0 Å². The van der Waals surface area contributed by atoms with Crippen LogP contribution in [0.25, 0.3) is 0 Å². The molecule has 46 valence electrons. The van der Waals surface area contributed by atoms with E-state index in [1.165, 1.54) is 0 Å². The summed E-state index contributed by atoms with van der Waals surface area (Å²) in [6.07, 6.45) is -0.824. The van der Waals surface area contributed by atoms with Gasteiger partial charge in [0.1, 0.15) is 0 Å². The molecule has 0 fully saturated rings. The van der Waals surface area contributed by atoms with Crippen LogP contribution >= 0.6 is 9.47 Å². The molecule has 6 heteroatoms. The Labute approximate surface area is 48.4 Å². The fourth-order valence-corrected chi connectivity index (χ4v) is 0.184. The Morgan fingerprint density at radius 1 is 1.62 bits per heavy atom. The summed E-state index contributed by atoms with van der Waals surface area (Å²) in [5.74, 6) is -0.308. The number of amides is 1. The maximum absolute atomic E-state index is 10.0. The minimum atomic E-state index is -0.824. The topological polar surface area (TPSA) is 90.7 Å². The van der Waals surface area contributed by atoms with Gasteiger partial charge in [-0.1, -0.05) is 0 Å². The summed E-state index contributed by atoms with van der Waals surface area (Å²) in [4.78, 5) is 13.0. The van der Waals surface area contributed by atoms with Crippen molar-refractivity contribution in [3.05, 3.63) is 0 Å². The first-order valence-electron chi connectivity index (χ1n) is 1.67. The number of carbonyl (C=O) groups excluding carboxylic acids is 1. The number of nitrogens with zero attached hydrogens (tertiary/aromatic N) is 1. The fraction of sp³-hybridized carbons (Fsp3) is 0. The van der Waals surface area contributed by atoms with Crippen molar-refractivity contribution in [2.75, 3.05) is 0 Å². The first kappa shape index (κ1) is 7.17. The van der Waals surface area contributed by atoms with E-state index in [4.69, 9.17) is 11.5 Å². The molecule has 8 heavy (non-hydrogen) atoms. The van der Waals surface area contributed by atoms with Crippen LogP contribution in [0.1, 0.15) is 0 Å². The Morgan fingerprint density at radius 2 is 2.12 bits per heavy atom. The van der Waals surface area contributed by atoms with Crippen LogP contribution < -0.4 is 11.5 Å². The predicted molar refractivity (Wildman–Crippen MR) is 32.0 cm³/mol. The van der Waals surface area contributed by atoms with Gasteiger partial charge in [-0.05, 0) is 0 Å². The first-order chi connectivity index (χ1) is 3.66. The van der Waals surface area contributed by atoms with Gasteiger partial charge in [-0.25, -0.2) is 4.79 Å². The zero-order valence-electron chi connectivity index (χ0n) is 4.00. The van der Waals surface area contributed by atoms with Crippen molar-refractivity contribution >= 4 is 21.5 Å². The average Bonchev–Trinajstić information content (AvgIpc) is 1.65. The maximum atomic E-state index is 10.0. The highest BCUT2D eigenvalue weighted by atomic mass is 31.0. The second-order valence-corrected chi connectivity index (χ2v) is 1.16. The van der Waals surface area contributed by atoms with E-state index in [-0.39, 0.29) is 5.96 Å². The van der Waals surface area contributed by atoms with Crippen molar-refractivity contribution in [3.63, 3.8) is 0 Å². The van der Waals surface area contributed by atoms with Crippen molar-refractivity contribution in [2.45, 2.75) is 0 Å². The third-order valence-corrected chi connectivity index (χ3v) is 0.523. The monoisotopic (exact) mass is 135 g/mol. The van der Waals surface area contributed by atoms with Crippen LogP contribution in [0.2, 0.25) is 0 Å². The van der Waals surface area contributed by atoms with Gasteiger partial charge in [-0.15, -0.1) is 4.99 Å². The van der Waals surface area contributed by atoms with Crippen molar-refractivity contribution in [3.8, 4) is 0 Å². The molecule has 0 bridgehead atoms. The highest BCUT2D eigenvalue weighted by Gasteiger charge is 1.92. The summed E-state index contributed by atoms with van der Waals surface area (Å²) in [6.45, 7) is 0. The molecule has 0 aromatic heterocycles. The van der Waals surface area contributed by atoms with Gasteiger partial charge < -0.3 is 16.0 Å². The third kappa shape index (κ3) is 3.36. The molecular weight excluding hydrogens is 129 g/mol. The van der Waals surface area contributed by atoms with E-state index in [1.54, 1.807) is 9.47 Å². The highest BCUT2D eigenvalue weighted by molar-refractivity contribution is 7.10. The van der Waals surface area contributed by atoms with E-state index in [0.717, 1.165) is 0 Å². The van der Waals surface area contributed by atoms with E-state index in [9.17, 15) is 4.79 Å². The van der Waals surface area contributed by atoms with E-state index < -0.39 is 6.09 Å². The molecule has 1 atom stereocenters. The van der Waals surface area contributed by atoms with Gasteiger partial charge in [0.2, 0.25) is 0 Å². The molecule has 1 unspecified atom stereocenters. The standard InChI is InChI=1S/C2H6N3O2P/c3-1(4)5-2(6)7-8/h8H2,(H4,3,4,5,6). The molecular formula is C2H6N3O2P. The molecule has 0 saturated heterocycles. The predicted octanol–water partition coefficient (Wildman–Crippen LogP) is -0.813. The van der Waals surface area contributed by atoms with Gasteiger partial charge in [0.05, 0.1) is 9.47 Å². The number of nitrogens with two attached hydrogens (primary N) is 2. The SMILES string of the molecule is NC(N)=NC(=O)OP. The fourth-order valence-electron chi connectivity index (χ4n) is 0.132. The zero-order chi connectivity index (χ0) is 6.57. The third-order valence-electron chi connectivity index (χ3n) is 0.321. The number of aliphatic imine (C=N–C) groups is 1. The second-order valence-electron chi connectivity index (χ2n) is 0.920. The quantitative estimate of drug-likeness (QED) is 0.258. The van der Waals surface area contributed by atoms with Gasteiger partial charge in [-0.3, -0.25) is 0 Å². The van der Waals surface area contributed by atoms with Crippen LogP contribution in [0.4, 0.5) is 4.79 Å². The molecule has 0 aliphatic carbocycles. The number of hydrogen-bond donors (Lipinski definition) is 2. The van der Waals surface area contributed by atoms with Crippen molar-refractivity contribution in [1.82, 2.24) is 0 Å². The van der Waals surface area contributed by atoms with Gasteiger partial charge in [0, 0.05) is 0 Å². The highest BCUT2D eigenvalue weighted by Crippen LogP contribution is 1.88. The van der Waals surface area contributed by atoms with E-state index in [0.29, 0.717) is 0 Å². The summed E-state index contributed by atoms with van der Waals surface area (Å²) in [7, 11) is 1.72. The first-order valence-corrected chi connectivity index (χ1v) is 2.14. The summed E-state index contributed by atoms with van der Waals surface area (Å²) in [5, 5.41) is 0. The van der Waals surface area contributed by atoms with Crippen LogP contribution in [0.15, 0.2) is 4.99 Å². The normalized spacial score (nSPS) is 7.62. The molecule has 0 spiro atoms. The van der Waals surface area contributed by atoms with Crippen molar-refractivity contribution in [1.29, 1.82) is 0 Å². The summed E-state index contributed by atoms with van der Waals surface area (Å²) >= 11 is 0. The molecule has 0 saturated carbocycles. The minimum Gasteiger partial charge on any atom is -0.434 e. The lowest BCUT2D eigenvalue weighted by molar-refractivity contribution is 0.218. The molecule has 4 N–H and O–H groups in total. The van der Waals surface area contributed by atoms with Crippen LogP contribution in [-0.2, 0) is 4.52 Å². The largest absolute Gasteiger partial charge is 0.438 e. The molecule has 5 nitrogen and oxygen atoms in total. The molecule has 0 heterocycles. The number of guanidine groups is 1. The summed E-state index contributed by atoms with van der Waals surface area (Å²) in [5.41, 5.74) is 9.57. The number of carbonyl (C=O) groups is 1. The molecule has 0 rings (SSSR count). The van der Waals surface area contributed by atoms with Crippen molar-refractivity contribution < 1.29 is 9.32 Å². The van der Waals surface area contributed by atoms with Gasteiger partial charge in [-0.2, -0.15) is 0 Å². The minimum absolute atomic E-state index is 0.308. The van der Waals surface area contributed by atoms with E-state index in [1.807, 2.05) is 0 Å². The lowest BCUT2D eigenvalue weighted by atomic mass is 11.0. The smallest absolute Gasteiger partial charge is 0.434 e. The van der Waals surface area contributed by atoms with Crippen LogP contribution in [-0.4, -0.2) is 12.1 Å². The molecule has 0 aliphatic rings. The Bertz CT molecular complexity index is 118. The zero-order valence-corrected chi connectivity index (χ0v) is 5.15.